The summed E-state index contributed by atoms with van der Waals surface area (Å²) in [5.74, 6) is -2.53. The average molecular weight is 571 g/mol. The lowest BCUT2D eigenvalue weighted by Crippen LogP contribution is -2.37. The van der Waals surface area contributed by atoms with Gasteiger partial charge in [-0.1, -0.05) is 131 Å². The van der Waals surface area contributed by atoms with E-state index in [1.807, 2.05) is 54.6 Å². The number of carboxylic acids is 1. The zero-order valence-corrected chi connectivity index (χ0v) is 25.0. The number of benzene rings is 3. The molecule has 6 heteroatoms. The van der Waals surface area contributed by atoms with E-state index in [1.165, 1.54) is 56.3 Å². The molecule has 0 saturated heterocycles. The molecule has 0 saturated carbocycles. The van der Waals surface area contributed by atoms with Crippen LogP contribution in [-0.4, -0.2) is 40.9 Å². The Bertz CT molecular complexity index is 1240. The highest BCUT2D eigenvalue weighted by molar-refractivity contribution is 6.31. The van der Waals surface area contributed by atoms with E-state index < -0.39 is 11.9 Å². The van der Waals surface area contributed by atoms with Gasteiger partial charge in [0.25, 0.3) is 5.91 Å². The summed E-state index contributed by atoms with van der Waals surface area (Å²) >= 11 is 0. The molecule has 0 heterocycles. The molecule has 42 heavy (non-hydrogen) atoms. The molecular formula is C36H46N2O4. The molecule has 3 aromatic rings. The van der Waals surface area contributed by atoms with Crippen LogP contribution in [0.25, 0.3) is 11.1 Å². The van der Waals surface area contributed by atoms with Crippen LogP contribution < -0.4 is 5.32 Å². The summed E-state index contributed by atoms with van der Waals surface area (Å²) in [7, 11) is 0. The second-order valence-corrected chi connectivity index (χ2v) is 10.9. The first kappa shape index (κ1) is 32.6. The topological polar surface area (TPSA) is 86.7 Å². The van der Waals surface area contributed by atoms with E-state index in [1.54, 1.807) is 24.3 Å². The smallest absolute Gasteiger partial charge is 0.394 e. The molecule has 0 bridgehead atoms. The minimum atomic E-state index is -1.48. The quantitative estimate of drug-likeness (QED) is 0.121. The van der Waals surface area contributed by atoms with Gasteiger partial charge in [-0.15, -0.1) is 0 Å². The molecule has 3 rings (SSSR count). The number of rotatable bonds is 18. The van der Waals surface area contributed by atoms with Crippen LogP contribution in [0.5, 0.6) is 0 Å². The van der Waals surface area contributed by atoms with Crippen molar-refractivity contribution in [3.05, 3.63) is 95.6 Å². The second-order valence-electron chi connectivity index (χ2n) is 10.9. The second kappa shape index (κ2) is 18.5. The van der Waals surface area contributed by atoms with E-state index in [9.17, 15) is 19.5 Å². The maximum Gasteiger partial charge on any atom is 0.394 e. The Kier molecular flexibility index (Phi) is 14.3. The van der Waals surface area contributed by atoms with E-state index in [4.69, 9.17) is 0 Å². The van der Waals surface area contributed by atoms with Gasteiger partial charge in [0.15, 0.2) is 0 Å². The Hall–Kier alpha value is -3.93. The van der Waals surface area contributed by atoms with Gasteiger partial charge in [0, 0.05) is 25.2 Å². The lowest BCUT2D eigenvalue weighted by molar-refractivity contribution is -0.156. The first-order valence-electron chi connectivity index (χ1n) is 15.5. The molecule has 0 fully saturated rings. The van der Waals surface area contributed by atoms with Crippen molar-refractivity contribution in [3.8, 4) is 11.1 Å². The summed E-state index contributed by atoms with van der Waals surface area (Å²) in [4.78, 5) is 38.1. The molecule has 0 aliphatic rings. The highest BCUT2D eigenvalue weighted by Gasteiger charge is 2.21. The average Bonchev–Trinajstić information content (AvgIpc) is 3.02. The molecule has 224 valence electrons. The van der Waals surface area contributed by atoms with E-state index >= 15 is 0 Å². The van der Waals surface area contributed by atoms with Gasteiger partial charge in [-0.05, 0) is 47.2 Å². The Morgan fingerprint density at radius 3 is 1.95 bits per heavy atom. The maximum absolute atomic E-state index is 12.6. The fourth-order valence-corrected chi connectivity index (χ4v) is 5.18. The molecule has 0 aromatic heterocycles. The van der Waals surface area contributed by atoms with Crippen molar-refractivity contribution in [2.75, 3.05) is 13.1 Å². The van der Waals surface area contributed by atoms with Gasteiger partial charge in [0.05, 0.1) is 0 Å². The number of unbranched alkanes of at least 4 members (excludes halogenated alkanes) is 9. The lowest BCUT2D eigenvalue weighted by atomic mass is 9.97. The van der Waals surface area contributed by atoms with Gasteiger partial charge in [-0.3, -0.25) is 9.59 Å². The molecular weight excluding hydrogens is 524 g/mol. The van der Waals surface area contributed by atoms with Gasteiger partial charge < -0.3 is 15.3 Å². The van der Waals surface area contributed by atoms with Crippen LogP contribution in [-0.2, 0) is 22.6 Å². The summed E-state index contributed by atoms with van der Waals surface area (Å²) in [5, 5.41) is 12.4. The Morgan fingerprint density at radius 1 is 0.714 bits per heavy atom. The third-order valence-corrected chi connectivity index (χ3v) is 7.63. The number of amides is 2. The number of carboxylic acid groups (broad SMARTS) is 1. The molecule has 0 aliphatic carbocycles. The Morgan fingerprint density at radius 2 is 1.31 bits per heavy atom. The largest absolute Gasteiger partial charge is 0.474 e. The lowest BCUT2D eigenvalue weighted by Gasteiger charge is -2.22. The standard InChI is InChI=1S/C36H46N2O4/c1-2-3-4-5-6-7-8-9-10-16-26-37-34(39)32-23-21-29(22-24-32)28-38(35(40)36(41)42)27-25-31-19-14-15-20-33(31)30-17-12-11-13-18-30/h11-15,17-24H,2-10,16,25-28H2,1H3,(H,37,39)(H,41,42). The van der Waals surface area contributed by atoms with E-state index in [2.05, 4.69) is 12.2 Å². The Balaban J connectivity index is 1.47. The summed E-state index contributed by atoms with van der Waals surface area (Å²) in [6.45, 7) is 3.31. The van der Waals surface area contributed by atoms with Gasteiger partial charge in [-0.25, -0.2) is 4.79 Å². The van der Waals surface area contributed by atoms with Crippen LogP contribution in [0.2, 0.25) is 0 Å². The molecule has 0 aliphatic heterocycles. The van der Waals surface area contributed by atoms with Gasteiger partial charge >= 0.3 is 11.9 Å². The molecule has 3 aromatic carbocycles. The number of nitrogens with one attached hydrogen (secondary N) is 1. The fourth-order valence-electron chi connectivity index (χ4n) is 5.18. The van der Waals surface area contributed by atoms with E-state index in [0.717, 1.165) is 35.1 Å². The monoisotopic (exact) mass is 570 g/mol. The van der Waals surface area contributed by atoms with Crippen LogP contribution in [0.4, 0.5) is 0 Å². The number of hydrogen-bond donors (Lipinski definition) is 2. The van der Waals surface area contributed by atoms with E-state index in [-0.39, 0.29) is 19.0 Å². The minimum absolute atomic E-state index is 0.117. The SMILES string of the molecule is CCCCCCCCCCCCNC(=O)c1ccc(CN(CCc2ccccc2-c2ccccc2)C(=O)C(=O)O)cc1. The zero-order chi connectivity index (χ0) is 30.0. The molecule has 0 radical (unpaired) electrons. The van der Waals surface area contributed by atoms with Crippen molar-refractivity contribution in [1.82, 2.24) is 10.2 Å². The third-order valence-electron chi connectivity index (χ3n) is 7.63. The van der Waals surface area contributed by atoms with Crippen molar-refractivity contribution in [2.45, 2.75) is 84.1 Å². The predicted octanol–water partition coefficient (Wildman–Crippen LogP) is 7.66. The van der Waals surface area contributed by atoms with E-state index in [0.29, 0.717) is 18.5 Å². The van der Waals surface area contributed by atoms with Crippen LogP contribution >= 0.6 is 0 Å². The first-order chi connectivity index (χ1) is 20.5. The van der Waals surface area contributed by atoms with Gasteiger partial charge in [-0.2, -0.15) is 0 Å². The summed E-state index contributed by atoms with van der Waals surface area (Å²) in [6.07, 6.45) is 13.1. The first-order valence-corrected chi connectivity index (χ1v) is 15.5. The number of carbonyl (C=O) groups excluding carboxylic acids is 2. The van der Waals surface area contributed by atoms with Crippen molar-refractivity contribution in [1.29, 1.82) is 0 Å². The highest BCUT2D eigenvalue weighted by atomic mass is 16.4. The summed E-state index contributed by atoms with van der Waals surface area (Å²) in [5.41, 5.74) is 4.51. The van der Waals surface area contributed by atoms with Crippen LogP contribution in [0, 0.1) is 0 Å². The molecule has 0 unspecified atom stereocenters. The molecule has 6 nitrogen and oxygen atoms in total. The van der Waals surface area contributed by atoms with Crippen molar-refractivity contribution >= 4 is 17.8 Å². The number of nitrogens with zero attached hydrogens (tertiary/aromatic N) is 1. The minimum Gasteiger partial charge on any atom is -0.474 e. The number of aliphatic carboxylic acids is 1. The number of hydrogen-bond acceptors (Lipinski definition) is 3. The summed E-state index contributed by atoms with van der Waals surface area (Å²) < 4.78 is 0. The molecule has 2 N–H and O–H groups in total. The predicted molar refractivity (Wildman–Crippen MR) is 169 cm³/mol. The highest BCUT2D eigenvalue weighted by Crippen LogP contribution is 2.24. The summed E-state index contributed by atoms with van der Waals surface area (Å²) in [6, 6.07) is 25.0. The van der Waals surface area contributed by atoms with Crippen molar-refractivity contribution in [3.63, 3.8) is 0 Å². The molecule has 2 amide bonds. The van der Waals surface area contributed by atoms with Crippen molar-refractivity contribution < 1.29 is 19.5 Å². The Labute approximate surface area is 251 Å². The normalized spacial score (nSPS) is 10.8. The molecule has 0 atom stereocenters. The third kappa shape index (κ3) is 11.2. The van der Waals surface area contributed by atoms with Gasteiger partial charge in [0.2, 0.25) is 0 Å². The van der Waals surface area contributed by atoms with Gasteiger partial charge in [0.1, 0.15) is 0 Å². The maximum atomic E-state index is 12.6. The molecule has 0 spiro atoms. The van der Waals surface area contributed by atoms with Crippen molar-refractivity contribution in [2.24, 2.45) is 0 Å². The van der Waals surface area contributed by atoms with Crippen LogP contribution in [0.15, 0.2) is 78.9 Å². The zero-order valence-electron chi connectivity index (χ0n) is 25.0. The fraction of sp³-hybridized carbons (Fsp3) is 0.417. The number of carbonyl (C=O) groups is 3. The van der Waals surface area contributed by atoms with Crippen LogP contribution in [0.3, 0.4) is 0 Å². The van der Waals surface area contributed by atoms with Crippen LogP contribution in [0.1, 0.15) is 92.6 Å².